The number of unbranched alkanes of at least 4 members (excludes halogenated alkanes) is 7. The Labute approximate surface area is 146 Å². The van der Waals surface area contributed by atoms with Gasteiger partial charge in [0.05, 0.1) is 0 Å². The van der Waals surface area contributed by atoms with Gasteiger partial charge in [-0.15, -0.1) is 0 Å². The molecule has 0 aromatic heterocycles. The van der Waals surface area contributed by atoms with Gasteiger partial charge in [-0.25, -0.2) is 0 Å². The van der Waals surface area contributed by atoms with Crippen LogP contribution in [0.25, 0.3) is 0 Å². The molecule has 0 aromatic rings. The molecule has 0 bridgehead atoms. The summed E-state index contributed by atoms with van der Waals surface area (Å²) in [6.07, 6.45) is 12.2. The Morgan fingerprint density at radius 2 is 1.27 bits per heavy atom. The van der Waals surface area contributed by atoms with Crippen LogP contribution in [0.3, 0.4) is 0 Å². The molecule has 0 N–H and O–H groups in total. The van der Waals surface area contributed by atoms with E-state index in [2.05, 4.69) is 27.7 Å². The highest BCUT2D eigenvalue weighted by Crippen LogP contribution is 2.26. The molecule has 2 nitrogen and oxygen atoms in total. The third-order valence-electron chi connectivity index (χ3n) is 4.29. The van der Waals surface area contributed by atoms with Gasteiger partial charge in [0, 0.05) is 24.5 Å². The molecule has 1 atom stereocenters. The molecule has 0 amide bonds. The van der Waals surface area contributed by atoms with E-state index >= 15 is 0 Å². The van der Waals surface area contributed by atoms with Gasteiger partial charge in [-0.3, -0.25) is 0 Å². The lowest BCUT2D eigenvalue weighted by atomic mass is 10.1. The maximum Gasteiger partial charge on any atom is 0.338 e. The molecule has 0 fully saturated rings. The Hall–Kier alpha value is 0.487. The van der Waals surface area contributed by atoms with Crippen molar-refractivity contribution in [3.63, 3.8) is 0 Å². The second kappa shape index (κ2) is 15.0. The van der Waals surface area contributed by atoms with Crippen molar-refractivity contribution in [2.24, 2.45) is 0 Å². The smallest absolute Gasteiger partial charge is 0.338 e. The number of hydrogen-bond acceptors (Lipinski definition) is 3. The summed E-state index contributed by atoms with van der Waals surface area (Å²) in [6, 6.07) is 2.06. The van der Waals surface area contributed by atoms with E-state index in [-0.39, 0.29) is 0 Å². The molecule has 0 rings (SSSR count). The lowest BCUT2D eigenvalue weighted by Gasteiger charge is -2.31. The van der Waals surface area contributed by atoms with Gasteiger partial charge < -0.3 is 8.85 Å². The molecule has 0 aromatic carbocycles. The average molecular weight is 349 g/mol. The molecule has 1 unspecified atom stereocenters. The molecule has 0 heterocycles. The van der Waals surface area contributed by atoms with Crippen LogP contribution in [0.5, 0.6) is 0 Å². The van der Waals surface area contributed by atoms with Crippen LogP contribution in [0.4, 0.5) is 0 Å². The quantitative estimate of drug-likeness (QED) is 0.199. The van der Waals surface area contributed by atoms with Crippen LogP contribution in [0.2, 0.25) is 12.1 Å². The molecule has 22 heavy (non-hydrogen) atoms. The van der Waals surface area contributed by atoms with Crippen molar-refractivity contribution in [2.75, 3.05) is 13.2 Å². The Morgan fingerprint density at radius 3 is 1.73 bits per heavy atom. The van der Waals surface area contributed by atoms with Gasteiger partial charge in [-0.2, -0.15) is 12.6 Å². The summed E-state index contributed by atoms with van der Waals surface area (Å²) in [4.78, 5) is 0. The average Bonchev–Trinajstić information content (AvgIpc) is 2.50. The molecule has 0 radical (unpaired) electrons. The van der Waals surface area contributed by atoms with Crippen molar-refractivity contribution in [2.45, 2.75) is 103 Å². The van der Waals surface area contributed by atoms with Gasteiger partial charge in [0.15, 0.2) is 0 Å². The monoisotopic (exact) mass is 348 g/mol. The topological polar surface area (TPSA) is 18.5 Å². The molecule has 0 aliphatic heterocycles. The largest absolute Gasteiger partial charge is 0.394 e. The molecular weight excluding hydrogens is 308 g/mol. The van der Waals surface area contributed by atoms with Crippen molar-refractivity contribution in [1.82, 2.24) is 0 Å². The van der Waals surface area contributed by atoms with Crippen LogP contribution in [0, 0.1) is 0 Å². The minimum absolute atomic E-state index is 0.435. The van der Waals surface area contributed by atoms with E-state index in [1.165, 1.54) is 57.8 Å². The second-order valence-corrected chi connectivity index (χ2v) is 10.5. The molecule has 134 valence electrons. The van der Waals surface area contributed by atoms with Crippen LogP contribution in [-0.2, 0) is 8.85 Å². The van der Waals surface area contributed by atoms with E-state index in [0.29, 0.717) is 5.25 Å². The summed E-state index contributed by atoms with van der Waals surface area (Å²) >= 11 is 4.81. The molecule has 0 saturated carbocycles. The predicted octanol–water partition coefficient (Wildman–Crippen LogP) is 6.35. The van der Waals surface area contributed by atoms with E-state index < -0.39 is 8.56 Å². The van der Waals surface area contributed by atoms with Crippen molar-refractivity contribution in [1.29, 1.82) is 0 Å². The summed E-state index contributed by atoms with van der Waals surface area (Å²) < 4.78 is 12.1. The third kappa shape index (κ3) is 11.1. The van der Waals surface area contributed by atoms with E-state index in [1.54, 1.807) is 0 Å². The molecule has 0 aliphatic rings. The Morgan fingerprint density at radius 1 is 0.773 bits per heavy atom. The fourth-order valence-corrected chi connectivity index (χ4v) is 7.02. The second-order valence-electron chi connectivity index (χ2n) is 6.25. The predicted molar refractivity (Wildman–Crippen MR) is 104 cm³/mol. The van der Waals surface area contributed by atoms with E-state index in [1.807, 2.05) is 0 Å². The normalized spacial score (nSPS) is 13.5. The van der Waals surface area contributed by atoms with Crippen LogP contribution in [-0.4, -0.2) is 27.0 Å². The first-order valence-corrected chi connectivity index (χ1v) is 12.3. The maximum absolute atomic E-state index is 6.04. The zero-order valence-corrected chi connectivity index (χ0v) is 17.4. The molecular formula is C18H40O2SSi. The highest BCUT2D eigenvalue weighted by atomic mass is 32.1. The van der Waals surface area contributed by atoms with E-state index in [4.69, 9.17) is 21.5 Å². The molecule has 0 spiro atoms. The number of thiol groups is 1. The minimum Gasteiger partial charge on any atom is -0.394 e. The highest BCUT2D eigenvalue weighted by Gasteiger charge is 2.36. The maximum atomic E-state index is 6.04. The zero-order chi connectivity index (χ0) is 16.7. The summed E-state index contributed by atoms with van der Waals surface area (Å²) in [6.45, 7) is 10.1. The van der Waals surface area contributed by atoms with Crippen molar-refractivity contribution < 1.29 is 8.85 Å². The molecule has 4 heteroatoms. The van der Waals surface area contributed by atoms with Gasteiger partial charge in [0.25, 0.3) is 0 Å². The Balaban J connectivity index is 3.83. The standard InChI is InChI=1S/C18H40O2SSi/c1-5-9-10-11-12-13-14-15-16-18(21)17-22(8-4,19-6-2)20-7-3/h18,21H,5-17H2,1-4H3. The first-order valence-electron chi connectivity index (χ1n) is 9.60. The van der Waals surface area contributed by atoms with Gasteiger partial charge in [-0.1, -0.05) is 65.2 Å². The lowest BCUT2D eigenvalue weighted by Crippen LogP contribution is -2.43. The fourth-order valence-electron chi connectivity index (χ4n) is 3.01. The summed E-state index contributed by atoms with van der Waals surface area (Å²) in [5.41, 5.74) is 0. The minimum atomic E-state index is -2.00. The summed E-state index contributed by atoms with van der Waals surface area (Å²) in [7, 11) is -2.00. The van der Waals surface area contributed by atoms with Crippen LogP contribution in [0.15, 0.2) is 0 Å². The SMILES string of the molecule is CCCCCCCCCCC(S)C[Si](CC)(OCC)OCC. The Kier molecular flexibility index (Phi) is 15.4. The van der Waals surface area contributed by atoms with Crippen molar-refractivity contribution in [3.05, 3.63) is 0 Å². The highest BCUT2D eigenvalue weighted by molar-refractivity contribution is 7.81. The molecule has 0 saturated heterocycles. The first-order chi connectivity index (χ1) is 10.6. The first kappa shape index (κ1) is 22.5. The number of rotatable bonds is 16. The van der Waals surface area contributed by atoms with Gasteiger partial charge >= 0.3 is 8.56 Å². The summed E-state index contributed by atoms with van der Waals surface area (Å²) in [5, 5.41) is 0.435. The van der Waals surface area contributed by atoms with E-state index in [9.17, 15) is 0 Å². The van der Waals surface area contributed by atoms with Crippen LogP contribution >= 0.6 is 12.6 Å². The van der Waals surface area contributed by atoms with Gasteiger partial charge in [-0.05, 0) is 26.3 Å². The molecule has 0 aliphatic carbocycles. The van der Waals surface area contributed by atoms with Crippen LogP contribution in [0.1, 0.15) is 85.5 Å². The van der Waals surface area contributed by atoms with Crippen molar-refractivity contribution in [3.8, 4) is 0 Å². The van der Waals surface area contributed by atoms with Crippen molar-refractivity contribution >= 4 is 21.2 Å². The lowest BCUT2D eigenvalue weighted by molar-refractivity contribution is 0.183. The third-order valence-corrected chi connectivity index (χ3v) is 8.90. The zero-order valence-electron chi connectivity index (χ0n) is 15.5. The van der Waals surface area contributed by atoms with Gasteiger partial charge in [0.2, 0.25) is 0 Å². The Bertz CT molecular complexity index is 233. The fraction of sp³-hybridized carbons (Fsp3) is 1.00. The van der Waals surface area contributed by atoms with E-state index in [0.717, 1.165) is 25.3 Å². The number of hydrogen-bond donors (Lipinski definition) is 1. The van der Waals surface area contributed by atoms with Gasteiger partial charge in [0.1, 0.15) is 0 Å². The van der Waals surface area contributed by atoms with Crippen LogP contribution < -0.4 is 0 Å². The summed E-state index contributed by atoms with van der Waals surface area (Å²) in [5.74, 6) is 0.